The van der Waals surface area contributed by atoms with Gasteiger partial charge in [-0.25, -0.2) is 0 Å². The number of carbonyl (C=O) groups is 1. The quantitative estimate of drug-likeness (QED) is 0.411. The predicted octanol–water partition coefficient (Wildman–Crippen LogP) is 4.19. The first-order valence-corrected chi connectivity index (χ1v) is 9.28. The van der Waals surface area contributed by atoms with Crippen LogP contribution in [-0.2, 0) is 4.79 Å². The summed E-state index contributed by atoms with van der Waals surface area (Å²) in [5.41, 5.74) is 0. The van der Waals surface area contributed by atoms with Gasteiger partial charge < -0.3 is 0 Å². The van der Waals surface area contributed by atoms with Crippen LogP contribution in [0.3, 0.4) is 0 Å². The van der Waals surface area contributed by atoms with Gasteiger partial charge in [0, 0.05) is 0 Å². The minimum atomic E-state index is -0.283. The van der Waals surface area contributed by atoms with Crippen molar-refractivity contribution in [2.75, 3.05) is 0 Å². The maximum absolute atomic E-state index is 11.5. The van der Waals surface area contributed by atoms with E-state index in [4.69, 9.17) is 0 Å². The molecule has 0 rings (SSSR count). The summed E-state index contributed by atoms with van der Waals surface area (Å²) in [6.07, 6.45) is 11.2. The van der Waals surface area contributed by atoms with Crippen molar-refractivity contribution in [3.63, 3.8) is 0 Å². The average Bonchev–Trinajstić information content (AvgIpc) is 2.23. The number of unbranched alkanes of at least 4 members (excludes halogenated alkanes) is 6. The van der Waals surface area contributed by atoms with E-state index in [9.17, 15) is 4.79 Å². The molecule has 1 nitrogen and oxygen atoms in total. The molecule has 0 saturated carbocycles. The van der Waals surface area contributed by atoms with Crippen LogP contribution in [0.5, 0.6) is 0 Å². The molecule has 15 heavy (non-hydrogen) atoms. The summed E-state index contributed by atoms with van der Waals surface area (Å²) in [4.78, 5) is 11.5. The van der Waals surface area contributed by atoms with E-state index in [1.165, 1.54) is 49.4 Å². The SMILES string of the molecule is CCCCCCCCC(=O)[Te]CCCC. The maximum atomic E-state index is 11.5. The average molecular weight is 326 g/mol. The summed E-state index contributed by atoms with van der Waals surface area (Å²) in [7, 11) is 0. The van der Waals surface area contributed by atoms with Gasteiger partial charge in [0.05, 0.1) is 0 Å². The molecule has 2 heteroatoms. The number of hydrogen-bond acceptors (Lipinski definition) is 1. The Labute approximate surface area is 105 Å². The Hall–Kier alpha value is 0.460. The van der Waals surface area contributed by atoms with Crippen molar-refractivity contribution in [1.29, 1.82) is 0 Å². The van der Waals surface area contributed by atoms with Crippen molar-refractivity contribution in [3.8, 4) is 0 Å². The fourth-order valence-corrected chi connectivity index (χ4v) is 4.16. The zero-order valence-electron chi connectivity index (χ0n) is 10.4. The minimum absolute atomic E-state index is 0.283. The van der Waals surface area contributed by atoms with Crippen molar-refractivity contribution >= 4 is 24.8 Å². The molecule has 90 valence electrons. The summed E-state index contributed by atoms with van der Waals surface area (Å²) in [5, 5.41) is 0. The number of carbonyl (C=O) groups excluding carboxylic acids is 1. The van der Waals surface area contributed by atoms with E-state index in [2.05, 4.69) is 13.8 Å². The van der Waals surface area contributed by atoms with Gasteiger partial charge in [0.2, 0.25) is 0 Å². The van der Waals surface area contributed by atoms with Gasteiger partial charge in [0.25, 0.3) is 0 Å². The van der Waals surface area contributed by atoms with Crippen LogP contribution < -0.4 is 0 Å². The van der Waals surface area contributed by atoms with E-state index in [1.807, 2.05) is 0 Å². The monoisotopic (exact) mass is 328 g/mol. The Morgan fingerprint density at radius 2 is 1.47 bits per heavy atom. The van der Waals surface area contributed by atoms with Crippen molar-refractivity contribution < 1.29 is 4.79 Å². The summed E-state index contributed by atoms with van der Waals surface area (Å²) < 4.78 is 1.85. The first-order chi connectivity index (χ1) is 7.31. The van der Waals surface area contributed by atoms with E-state index in [0.29, 0.717) is 3.83 Å². The Bertz CT molecular complexity index is 145. The molecule has 0 aliphatic heterocycles. The second-order valence-electron chi connectivity index (χ2n) is 4.09. The molecular weight excluding hydrogens is 300 g/mol. The molecule has 0 aromatic carbocycles. The normalized spacial score (nSPS) is 10.5. The summed E-state index contributed by atoms with van der Waals surface area (Å²) in [6.45, 7) is 4.44. The fourth-order valence-electron chi connectivity index (χ4n) is 1.45. The molecule has 0 N–H and O–H groups in total. The van der Waals surface area contributed by atoms with Crippen LogP contribution in [0.25, 0.3) is 0 Å². The van der Waals surface area contributed by atoms with Crippen LogP contribution in [0.2, 0.25) is 4.47 Å². The topological polar surface area (TPSA) is 17.1 Å². The molecule has 0 aromatic heterocycles. The van der Waals surface area contributed by atoms with Gasteiger partial charge in [0.15, 0.2) is 0 Å². The van der Waals surface area contributed by atoms with Gasteiger partial charge in [-0.1, -0.05) is 0 Å². The standard InChI is InChI=1S/C13H26OTe/c1-3-5-7-8-9-10-11-13(14)15-12-6-4-2/h3-12H2,1-2H3. The summed E-state index contributed by atoms with van der Waals surface area (Å²) in [5.74, 6) is 0. The van der Waals surface area contributed by atoms with Crippen molar-refractivity contribution in [1.82, 2.24) is 0 Å². The molecule has 0 amide bonds. The molecule has 0 aliphatic rings. The number of hydrogen-bond donors (Lipinski definition) is 0. The molecule has 0 bridgehead atoms. The summed E-state index contributed by atoms with van der Waals surface area (Å²) in [6, 6.07) is 0. The molecule has 0 aromatic rings. The molecular formula is C13H26OTe. The van der Waals surface area contributed by atoms with Gasteiger partial charge in [-0.05, 0) is 0 Å². The van der Waals surface area contributed by atoms with Gasteiger partial charge in [-0.3, -0.25) is 0 Å². The molecule has 0 radical (unpaired) electrons. The zero-order chi connectivity index (χ0) is 11.4. The van der Waals surface area contributed by atoms with E-state index in [-0.39, 0.29) is 20.9 Å². The second-order valence-corrected chi connectivity index (χ2v) is 7.38. The van der Waals surface area contributed by atoms with Crippen molar-refractivity contribution in [2.45, 2.75) is 76.1 Å². The van der Waals surface area contributed by atoms with Crippen LogP contribution >= 0.6 is 0 Å². The molecule has 0 heterocycles. The Morgan fingerprint density at radius 3 is 2.13 bits per heavy atom. The molecule has 0 saturated heterocycles. The van der Waals surface area contributed by atoms with Crippen LogP contribution in [0.15, 0.2) is 0 Å². The van der Waals surface area contributed by atoms with Crippen molar-refractivity contribution in [2.24, 2.45) is 0 Å². The molecule has 0 fully saturated rings. The summed E-state index contributed by atoms with van der Waals surface area (Å²) >= 11 is -0.283. The molecule has 0 atom stereocenters. The second kappa shape index (κ2) is 12.5. The first kappa shape index (κ1) is 15.5. The third-order valence-corrected chi connectivity index (χ3v) is 5.40. The molecule has 0 spiro atoms. The van der Waals surface area contributed by atoms with Crippen LogP contribution in [0.1, 0.15) is 71.6 Å². The van der Waals surface area contributed by atoms with Crippen LogP contribution in [0.4, 0.5) is 0 Å². The van der Waals surface area contributed by atoms with Gasteiger partial charge >= 0.3 is 106 Å². The van der Waals surface area contributed by atoms with Gasteiger partial charge in [-0.2, -0.15) is 0 Å². The molecule has 0 unspecified atom stereocenters. The first-order valence-electron chi connectivity index (χ1n) is 6.46. The third-order valence-electron chi connectivity index (χ3n) is 2.50. The Kier molecular flexibility index (Phi) is 12.9. The molecule has 0 aliphatic carbocycles. The Morgan fingerprint density at radius 1 is 0.867 bits per heavy atom. The predicted molar refractivity (Wildman–Crippen MR) is 68.5 cm³/mol. The van der Waals surface area contributed by atoms with E-state index >= 15 is 0 Å². The van der Waals surface area contributed by atoms with Crippen molar-refractivity contribution in [3.05, 3.63) is 0 Å². The Balaban J connectivity index is 3.10. The van der Waals surface area contributed by atoms with E-state index in [1.54, 1.807) is 0 Å². The zero-order valence-corrected chi connectivity index (χ0v) is 12.7. The van der Waals surface area contributed by atoms with Gasteiger partial charge in [-0.15, -0.1) is 0 Å². The third kappa shape index (κ3) is 12.4. The van der Waals surface area contributed by atoms with Crippen LogP contribution in [0, 0.1) is 0 Å². The fraction of sp³-hybridized carbons (Fsp3) is 0.923. The number of rotatable bonds is 11. The van der Waals surface area contributed by atoms with Gasteiger partial charge in [0.1, 0.15) is 0 Å². The van der Waals surface area contributed by atoms with E-state index in [0.717, 1.165) is 12.8 Å². The van der Waals surface area contributed by atoms with Crippen LogP contribution in [-0.4, -0.2) is 24.8 Å². The van der Waals surface area contributed by atoms with E-state index < -0.39 is 0 Å².